The van der Waals surface area contributed by atoms with Crippen LogP contribution in [-0.4, -0.2) is 16.1 Å². The first-order valence-electron chi connectivity index (χ1n) is 6.66. The lowest BCUT2D eigenvalue weighted by Crippen LogP contribution is -2.15. The Morgan fingerprint density at radius 1 is 1.29 bits per heavy atom. The number of amides is 1. The van der Waals surface area contributed by atoms with Crippen LogP contribution in [0.15, 0.2) is 47.8 Å². The van der Waals surface area contributed by atoms with Gasteiger partial charge in [0, 0.05) is 6.07 Å². The first-order valence-corrected chi connectivity index (χ1v) is 7.54. The van der Waals surface area contributed by atoms with Crippen LogP contribution in [-0.2, 0) is 11.2 Å². The van der Waals surface area contributed by atoms with E-state index in [9.17, 15) is 4.79 Å². The maximum atomic E-state index is 12.1. The van der Waals surface area contributed by atoms with Gasteiger partial charge in [-0.15, -0.1) is 11.3 Å². The Bertz CT molecular complexity index is 746. The highest BCUT2D eigenvalue weighted by Gasteiger charge is 2.09. The third-order valence-electron chi connectivity index (χ3n) is 3.24. The van der Waals surface area contributed by atoms with Gasteiger partial charge in [0.25, 0.3) is 0 Å². The fraction of sp³-hybridized carbons (Fsp3) is 0.125. The number of H-pyrrole nitrogens is 1. The third-order valence-corrected chi connectivity index (χ3v) is 4.15. The van der Waals surface area contributed by atoms with Crippen molar-refractivity contribution < 1.29 is 4.79 Å². The van der Waals surface area contributed by atoms with E-state index in [-0.39, 0.29) is 5.91 Å². The Hall–Kier alpha value is -2.40. The van der Waals surface area contributed by atoms with Crippen LogP contribution in [0.4, 0.5) is 5.82 Å². The topological polar surface area (TPSA) is 57.8 Å². The molecule has 5 heteroatoms. The van der Waals surface area contributed by atoms with Crippen LogP contribution in [0, 0.1) is 6.92 Å². The molecule has 0 aliphatic carbocycles. The number of hydrogen-bond donors (Lipinski definition) is 2. The van der Waals surface area contributed by atoms with Crippen LogP contribution in [0.5, 0.6) is 0 Å². The third kappa shape index (κ3) is 3.20. The number of anilines is 1. The Morgan fingerprint density at radius 2 is 2.14 bits per heavy atom. The van der Waals surface area contributed by atoms with Gasteiger partial charge in [0.1, 0.15) is 0 Å². The van der Waals surface area contributed by atoms with Gasteiger partial charge in [-0.3, -0.25) is 9.89 Å². The molecule has 2 N–H and O–H groups in total. The second-order valence-corrected chi connectivity index (χ2v) is 5.74. The largest absolute Gasteiger partial charge is 0.309 e. The van der Waals surface area contributed by atoms with Gasteiger partial charge in [-0.25, -0.2) is 0 Å². The molecule has 106 valence electrons. The van der Waals surface area contributed by atoms with Crippen molar-refractivity contribution in [3.63, 3.8) is 0 Å². The first kappa shape index (κ1) is 13.6. The average molecular weight is 297 g/mol. The van der Waals surface area contributed by atoms with Crippen LogP contribution < -0.4 is 5.32 Å². The second kappa shape index (κ2) is 5.93. The zero-order valence-corrected chi connectivity index (χ0v) is 12.4. The zero-order chi connectivity index (χ0) is 14.7. The molecule has 0 fully saturated rings. The summed E-state index contributed by atoms with van der Waals surface area (Å²) in [4.78, 5) is 13.2. The molecule has 0 unspecified atom stereocenters. The average Bonchev–Trinajstić information content (AvgIpc) is 3.12. The van der Waals surface area contributed by atoms with Crippen molar-refractivity contribution in [1.82, 2.24) is 10.2 Å². The predicted molar refractivity (Wildman–Crippen MR) is 85.4 cm³/mol. The summed E-state index contributed by atoms with van der Waals surface area (Å²) < 4.78 is 0. The quantitative estimate of drug-likeness (QED) is 0.772. The van der Waals surface area contributed by atoms with Crippen molar-refractivity contribution in [2.24, 2.45) is 0 Å². The Balaban J connectivity index is 1.67. The zero-order valence-electron chi connectivity index (χ0n) is 11.6. The summed E-state index contributed by atoms with van der Waals surface area (Å²) in [5, 5.41) is 11.9. The number of carbonyl (C=O) groups is 1. The lowest BCUT2D eigenvalue weighted by atomic mass is 10.1. The fourth-order valence-electron chi connectivity index (χ4n) is 2.11. The van der Waals surface area contributed by atoms with Crippen LogP contribution in [0.25, 0.3) is 10.6 Å². The molecule has 21 heavy (non-hydrogen) atoms. The Morgan fingerprint density at radius 3 is 2.90 bits per heavy atom. The molecule has 0 bridgehead atoms. The summed E-state index contributed by atoms with van der Waals surface area (Å²) in [7, 11) is 0. The molecule has 0 aliphatic heterocycles. The number of aryl methyl sites for hydroxylation is 1. The molecular formula is C16H15N3OS. The number of rotatable bonds is 4. The van der Waals surface area contributed by atoms with Gasteiger partial charge in [0.2, 0.25) is 5.91 Å². The summed E-state index contributed by atoms with van der Waals surface area (Å²) >= 11 is 1.63. The highest BCUT2D eigenvalue weighted by Crippen LogP contribution is 2.24. The number of aromatic amines is 1. The SMILES string of the molecule is Cc1ccccc1CC(=O)Nc1cc(-c2cccs2)[nH]n1. The van der Waals surface area contributed by atoms with Gasteiger partial charge in [-0.05, 0) is 29.5 Å². The minimum absolute atomic E-state index is 0.0615. The molecule has 2 heterocycles. The summed E-state index contributed by atoms with van der Waals surface area (Å²) in [5.41, 5.74) is 3.06. The van der Waals surface area contributed by atoms with Gasteiger partial charge in [-0.2, -0.15) is 5.10 Å². The lowest BCUT2D eigenvalue weighted by Gasteiger charge is -2.04. The van der Waals surface area contributed by atoms with E-state index in [1.54, 1.807) is 11.3 Å². The monoisotopic (exact) mass is 297 g/mol. The highest BCUT2D eigenvalue weighted by atomic mass is 32.1. The maximum Gasteiger partial charge on any atom is 0.230 e. The number of nitrogens with one attached hydrogen (secondary N) is 2. The van der Waals surface area contributed by atoms with Gasteiger partial charge in [-0.1, -0.05) is 30.3 Å². The smallest absolute Gasteiger partial charge is 0.230 e. The van der Waals surface area contributed by atoms with Crippen LogP contribution in [0.1, 0.15) is 11.1 Å². The summed E-state index contributed by atoms with van der Waals surface area (Å²) in [6.07, 6.45) is 0.355. The van der Waals surface area contributed by atoms with E-state index in [0.717, 1.165) is 21.7 Å². The molecule has 3 rings (SSSR count). The molecule has 4 nitrogen and oxygen atoms in total. The number of aromatic nitrogens is 2. The van der Waals surface area contributed by atoms with Crippen molar-refractivity contribution >= 4 is 23.1 Å². The number of thiophene rings is 1. The predicted octanol–water partition coefficient (Wildman–Crippen LogP) is 3.63. The van der Waals surface area contributed by atoms with Crippen LogP contribution in [0.3, 0.4) is 0 Å². The van der Waals surface area contributed by atoms with Gasteiger partial charge in [0.05, 0.1) is 17.0 Å². The van der Waals surface area contributed by atoms with E-state index in [2.05, 4.69) is 15.5 Å². The highest BCUT2D eigenvalue weighted by molar-refractivity contribution is 7.13. The summed E-state index contributed by atoms with van der Waals surface area (Å²) in [6.45, 7) is 2.01. The number of hydrogen-bond acceptors (Lipinski definition) is 3. The minimum Gasteiger partial charge on any atom is -0.309 e. The van der Waals surface area contributed by atoms with Crippen LogP contribution in [0.2, 0.25) is 0 Å². The van der Waals surface area contributed by atoms with Crippen LogP contribution >= 0.6 is 11.3 Å². The molecule has 0 saturated carbocycles. The molecule has 0 aliphatic rings. The minimum atomic E-state index is -0.0615. The Kier molecular flexibility index (Phi) is 3.83. The summed E-state index contributed by atoms with van der Waals surface area (Å²) in [6, 6.07) is 13.7. The first-order chi connectivity index (χ1) is 10.2. The standard InChI is InChI=1S/C16H15N3OS/c1-11-5-2-3-6-12(11)9-16(20)17-15-10-13(18-19-15)14-7-4-8-21-14/h2-8,10H,9H2,1H3,(H2,17,18,19,20). The second-order valence-electron chi connectivity index (χ2n) is 4.80. The normalized spacial score (nSPS) is 10.5. The van der Waals surface area contributed by atoms with Crippen molar-refractivity contribution in [3.05, 3.63) is 59.0 Å². The molecule has 1 amide bonds. The number of nitrogens with zero attached hydrogens (tertiary/aromatic N) is 1. The molecule has 0 saturated heterocycles. The van der Waals surface area contributed by atoms with Crippen molar-refractivity contribution in [3.8, 4) is 10.6 Å². The van der Waals surface area contributed by atoms with E-state index in [4.69, 9.17) is 0 Å². The van der Waals surface area contributed by atoms with E-state index in [1.807, 2.05) is 54.8 Å². The van der Waals surface area contributed by atoms with E-state index in [1.165, 1.54) is 0 Å². The lowest BCUT2D eigenvalue weighted by molar-refractivity contribution is -0.115. The molecule has 0 spiro atoms. The molecule has 2 aromatic heterocycles. The summed E-state index contributed by atoms with van der Waals surface area (Å²) in [5.74, 6) is 0.491. The molecule has 1 aromatic carbocycles. The molecule has 0 atom stereocenters. The van der Waals surface area contributed by atoms with Gasteiger partial charge < -0.3 is 5.32 Å². The molecular weight excluding hydrogens is 282 g/mol. The van der Waals surface area contributed by atoms with E-state index >= 15 is 0 Å². The molecule has 0 radical (unpaired) electrons. The number of carbonyl (C=O) groups excluding carboxylic acids is 1. The van der Waals surface area contributed by atoms with E-state index < -0.39 is 0 Å². The van der Waals surface area contributed by atoms with Crippen molar-refractivity contribution in [2.75, 3.05) is 5.32 Å². The fourth-order valence-corrected chi connectivity index (χ4v) is 2.80. The van der Waals surface area contributed by atoms with E-state index in [0.29, 0.717) is 12.2 Å². The number of benzene rings is 1. The maximum absolute atomic E-state index is 12.1. The Labute approximate surface area is 126 Å². The van der Waals surface area contributed by atoms with Crippen molar-refractivity contribution in [1.29, 1.82) is 0 Å². The molecule has 3 aromatic rings. The van der Waals surface area contributed by atoms with Gasteiger partial charge >= 0.3 is 0 Å². The van der Waals surface area contributed by atoms with Gasteiger partial charge in [0.15, 0.2) is 5.82 Å². The van der Waals surface area contributed by atoms with Crippen molar-refractivity contribution in [2.45, 2.75) is 13.3 Å².